The number of rotatable bonds is 8. The van der Waals surface area contributed by atoms with Crippen LogP contribution in [0.25, 0.3) is 11.1 Å². The van der Waals surface area contributed by atoms with E-state index in [2.05, 4.69) is 43.3 Å². The van der Waals surface area contributed by atoms with E-state index < -0.39 is 0 Å². The number of hydrogen-bond acceptors (Lipinski definition) is 1. The minimum atomic E-state index is 0.610. The highest BCUT2D eigenvalue weighted by Gasteiger charge is 2.00. The van der Waals surface area contributed by atoms with Crippen LogP contribution in [0.15, 0.2) is 60.9 Å². The molecule has 0 N–H and O–H groups in total. The van der Waals surface area contributed by atoms with Crippen molar-refractivity contribution in [2.45, 2.75) is 32.6 Å². The maximum atomic E-state index is 11.9. The molecule has 0 aliphatic rings. The Morgan fingerprint density at radius 3 is 2.18 bits per heavy atom. The Hall–Kier alpha value is -2.09. The zero-order valence-corrected chi connectivity index (χ0v) is 13.1. The topological polar surface area (TPSA) is 9.23 Å². The summed E-state index contributed by atoms with van der Waals surface area (Å²) in [4.78, 5) is 0. The van der Waals surface area contributed by atoms with Gasteiger partial charge in [-0.25, -0.2) is 4.39 Å². The first kappa shape index (κ1) is 16.3. The van der Waals surface area contributed by atoms with E-state index in [1.165, 1.54) is 16.7 Å². The van der Waals surface area contributed by atoms with Crippen molar-refractivity contribution in [1.82, 2.24) is 0 Å². The molecule has 2 heteroatoms. The molecule has 0 amide bonds. The van der Waals surface area contributed by atoms with Gasteiger partial charge in [0.15, 0.2) is 0 Å². The third kappa shape index (κ3) is 5.03. The van der Waals surface area contributed by atoms with Crippen molar-refractivity contribution in [3.05, 3.63) is 66.5 Å². The fourth-order valence-corrected chi connectivity index (χ4v) is 2.25. The van der Waals surface area contributed by atoms with Crippen LogP contribution in [0, 0.1) is 0 Å². The summed E-state index contributed by atoms with van der Waals surface area (Å²) < 4.78 is 17.6. The number of aryl methyl sites for hydroxylation is 1. The number of unbranched alkanes of at least 4 members (excludes halogenated alkanes) is 1. The summed E-state index contributed by atoms with van der Waals surface area (Å²) in [6.45, 7) is 2.93. The molecule has 0 atom stereocenters. The Bertz CT molecular complexity index is 570. The number of hydrogen-bond donors (Lipinski definition) is 0. The van der Waals surface area contributed by atoms with Crippen LogP contribution in [0.4, 0.5) is 4.39 Å². The third-order valence-electron chi connectivity index (χ3n) is 3.60. The van der Waals surface area contributed by atoms with Gasteiger partial charge in [0.2, 0.25) is 0 Å². The maximum Gasteiger partial charge on any atom is 0.119 e. The molecule has 0 bridgehead atoms. The van der Waals surface area contributed by atoms with E-state index in [1.807, 2.05) is 12.1 Å². The first-order chi connectivity index (χ1) is 10.8. The lowest BCUT2D eigenvalue weighted by atomic mass is 10.0. The first-order valence-electron chi connectivity index (χ1n) is 7.91. The van der Waals surface area contributed by atoms with Gasteiger partial charge in [0.25, 0.3) is 0 Å². The fraction of sp³-hybridized carbons (Fsp3) is 0.300. The summed E-state index contributed by atoms with van der Waals surface area (Å²) in [5.41, 5.74) is 3.59. The molecular formula is C20H23FO. The maximum absolute atomic E-state index is 11.9. The van der Waals surface area contributed by atoms with Gasteiger partial charge in [0.05, 0.1) is 12.9 Å². The summed E-state index contributed by atoms with van der Waals surface area (Å²) in [6, 6.07) is 16.6. The highest BCUT2D eigenvalue weighted by Crippen LogP contribution is 2.23. The molecule has 0 spiro atoms. The predicted octanol–water partition coefficient (Wildman–Crippen LogP) is 5.95. The molecule has 0 aliphatic carbocycles. The van der Waals surface area contributed by atoms with Gasteiger partial charge in [0, 0.05) is 0 Å². The van der Waals surface area contributed by atoms with Crippen LogP contribution < -0.4 is 4.74 Å². The zero-order valence-electron chi connectivity index (χ0n) is 13.1. The molecule has 2 aromatic rings. The Morgan fingerprint density at radius 2 is 1.59 bits per heavy atom. The van der Waals surface area contributed by atoms with E-state index in [1.54, 1.807) is 6.08 Å². The minimum absolute atomic E-state index is 0.610. The van der Waals surface area contributed by atoms with Crippen LogP contribution in [0.5, 0.6) is 5.75 Å². The molecular weight excluding hydrogens is 275 g/mol. The van der Waals surface area contributed by atoms with Crippen LogP contribution in [0.3, 0.4) is 0 Å². The molecule has 0 unspecified atom stereocenters. The van der Waals surface area contributed by atoms with Crippen molar-refractivity contribution in [3.8, 4) is 16.9 Å². The lowest BCUT2D eigenvalue weighted by Gasteiger charge is -2.07. The summed E-state index contributed by atoms with van der Waals surface area (Å²) in [6.07, 6.45) is 5.99. The Labute approximate surface area is 132 Å². The van der Waals surface area contributed by atoms with Crippen LogP contribution in [-0.2, 0) is 6.42 Å². The van der Waals surface area contributed by atoms with E-state index in [0.29, 0.717) is 6.33 Å². The third-order valence-corrected chi connectivity index (χ3v) is 3.60. The van der Waals surface area contributed by atoms with E-state index in [0.717, 1.165) is 38.0 Å². The number of ether oxygens (including phenoxy) is 1. The van der Waals surface area contributed by atoms with Crippen LogP contribution in [0.2, 0.25) is 0 Å². The Morgan fingerprint density at radius 1 is 0.955 bits per heavy atom. The predicted molar refractivity (Wildman–Crippen MR) is 90.9 cm³/mol. The van der Waals surface area contributed by atoms with Gasteiger partial charge < -0.3 is 4.74 Å². The molecule has 0 saturated heterocycles. The van der Waals surface area contributed by atoms with Gasteiger partial charge in [-0.1, -0.05) is 55.8 Å². The minimum Gasteiger partial charge on any atom is -0.494 e. The lowest BCUT2D eigenvalue weighted by Crippen LogP contribution is -1.95. The second-order valence-electron chi connectivity index (χ2n) is 5.32. The number of allylic oxidation sites excluding steroid dienone is 1. The van der Waals surface area contributed by atoms with Crippen molar-refractivity contribution >= 4 is 0 Å². The highest BCUT2D eigenvalue weighted by atomic mass is 19.1. The van der Waals surface area contributed by atoms with Gasteiger partial charge in [-0.15, -0.1) is 0 Å². The molecule has 1 nitrogen and oxygen atoms in total. The highest BCUT2D eigenvalue weighted by molar-refractivity contribution is 5.64. The monoisotopic (exact) mass is 298 g/mol. The van der Waals surface area contributed by atoms with Gasteiger partial charge in [0.1, 0.15) is 5.75 Å². The van der Waals surface area contributed by atoms with E-state index in [4.69, 9.17) is 4.74 Å². The second kappa shape index (κ2) is 9.04. The standard InChI is InChI=1S/C20H23FO/c1-2-3-16-22-20-13-11-19(12-14-20)18-9-7-17(8-10-18)6-4-5-15-21/h5,7-15H,2-4,6,16H2,1H3. The number of halogens is 1. The average molecular weight is 298 g/mol. The molecule has 2 aromatic carbocycles. The molecule has 2 rings (SSSR count). The molecule has 22 heavy (non-hydrogen) atoms. The summed E-state index contributed by atoms with van der Waals surface area (Å²) in [5.74, 6) is 0.923. The normalized spacial score (nSPS) is 11.0. The summed E-state index contributed by atoms with van der Waals surface area (Å²) >= 11 is 0. The van der Waals surface area contributed by atoms with Crippen molar-refractivity contribution in [2.75, 3.05) is 6.61 Å². The zero-order chi connectivity index (χ0) is 15.6. The van der Waals surface area contributed by atoms with Gasteiger partial charge in [-0.05, 0) is 48.1 Å². The van der Waals surface area contributed by atoms with Crippen molar-refractivity contribution < 1.29 is 9.13 Å². The molecule has 0 radical (unpaired) electrons. The second-order valence-corrected chi connectivity index (χ2v) is 5.32. The molecule has 0 aliphatic heterocycles. The summed E-state index contributed by atoms with van der Waals surface area (Å²) in [5, 5.41) is 0. The fourth-order valence-electron chi connectivity index (χ4n) is 2.25. The van der Waals surface area contributed by atoms with Gasteiger partial charge in [-0.3, -0.25) is 0 Å². The Balaban J connectivity index is 1.96. The molecule has 0 heterocycles. The van der Waals surface area contributed by atoms with E-state index >= 15 is 0 Å². The number of benzene rings is 2. The van der Waals surface area contributed by atoms with Crippen molar-refractivity contribution in [1.29, 1.82) is 0 Å². The lowest BCUT2D eigenvalue weighted by molar-refractivity contribution is 0.309. The van der Waals surface area contributed by atoms with E-state index in [-0.39, 0.29) is 0 Å². The molecule has 0 saturated carbocycles. The van der Waals surface area contributed by atoms with Gasteiger partial charge >= 0.3 is 0 Å². The molecule has 116 valence electrons. The van der Waals surface area contributed by atoms with Crippen LogP contribution >= 0.6 is 0 Å². The SMILES string of the molecule is CCCCOc1ccc(-c2ccc(CCC=CF)cc2)cc1. The van der Waals surface area contributed by atoms with Gasteiger partial charge in [-0.2, -0.15) is 0 Å². The quantitative estimate of drug-likeness (QED) is 0.547. The largest absolute Gasteiger partial charge is 0.494 e. The van der Waals surface area contributed by atoms with E-state index in [9.17, 15) is 4.39 Å². The Kier molecular flexibility index (Phi) is 6.69. The molecule has 0 fully saturated rings. The molecule has 0 aromatic heterocycles. The average Bonchev–Trinajstić information content (AvgIpc) is 2.57. The van der Waals surface area contributed by atoms with Crippen LogP contribution in [0.1, 0.15) is 31.7 Å². The van der Waals surface area contributed by atoms with Crippen molar-refractivity contribution in [2.24, 2.45) is 0 Å². The first-order valence-corrected chi connectivity index (χ1v) is 7.91. The van der Waals surface area contributed by atoms with Crippen LogP contribution in [-0.4, -0.2) is 6.61 Å². The summed E-state index contributed by atoms with van der Waals surface area (Å²) in [7, 11) is 0. The smallest absolute Gasteiger partial charge is 0.119 e. The van der Waals surface area contributed by atoms with Crippen molar-refractivity contribution in [3.63, 3.8) is 0 Å².